The van der Waals surface area contributed by atoms with Crippen molar-refractivity contribution in [1.29, 1.82) is 0 Å². The van der Waals surface area contributed by atoms with E-state index >= 15 is 0 Å². The van der Waals surface area contributed by atoms with Gasteiger partial charge in [-0.3, -0.25) is 9.59 Å². The number of carboxylic acids is 1. The number of nitrogens with two attached hydrogens (primary N) is 1. The smallest absolute Gasteiger partial charge is 0.303 e. The Labute approximate surface area is 117 Å². The van der Waals surface area contributed by atoms with Gasteiger partial charge in [0.05, 0.1) is 6.54 Å². The lowest BCUT2D eigenvalue weighted by atomic mass is 10.0. The van der Waals surface area contributed by atoms with Crippen molar-refractivity contribution in [2.75, 3.05) is 24.5 Å². The number of anilines is 1. The summed E-state index contributed by atoms with van der Waals surface area (Å²) in [5.74, 6) is -0.818. The molecule has 1 heterocycles. The lowest BCUT2D eigenvalue weighted by Crippen LogP contribution is -2.48. The van der Waals surface area contributed by atoms with Crippen LogP contribution in [-0.4, -0.2) is 36.6 Å². The number of piperazine rings is 1. The quantitative estimate of drug-likeness (QED) is 0.728. The summed E-state index contributed by atoms with van der Waals surface area (Å²) in [7, 11) is 0. The summed E-state index contributed by atoms with van der Waals surface area (Å²) in [6.45, 7) is 1.74. The molecule has 2 rings (SSSR count). The number of hydrogen-bond donors (Lipinski definition) is 3. The van der Waals surface area contributed by atoms with Gasteiger partial charge in [-0.05, 0) is 24.1 Å². The van der Waals surface area contributed by atoms with Crippen LogP contribution in [0.2, 0.25) is 0 Å². The molecule has 1 aliphatic rings. The Balaban J connectivity index is 2.10. The molecule has 1 amide bonds. The standard InChI is InChI=1S/C14H19N3O3/c15-12(4-5-14(19)20)10-2-1-3-11(8-10)17-7-6-16-9-13(17)18/h1-3,8,12,16H,4-7,9,15H2,(H,19,20). The number of nitrogens with one attached hydrogen (secondary N) is 1. The Kier molecular flexibility index (Phi) is 4.70. The lowest BCUT2D eigenvalue weighted by molar-refractivity contribution is -0.137. The Bertz CT molecular complexity index is 504. The van der Waals surface area contributed by atoms with E-state index in [0.717, 1.165) is 17.8 Å². The highest BCUT2D eigenvalue weighted by molar-refractivity contribution is 5.95. The molecule has 1 unspecified atom stereocenters. The fourth-order valence-electron chi connectivity index (χ4n) is 2.25. The third-order valence-electron chi connectivity index (χ3n) is 3.37. The number of carbonyl (C=O) groups excluding carboxylic acids is 1. The summed E-state index contributed by atoms with van der Waals surface area (Å²) in [5, 5.41) is 11.7. The van der Waals surface area contributed by atoms with E-state index in [1.54, 1.807) is 4.90 Å². The normalized spacial score (nSPS) is 17.1. The molecule has 0 saturated carbocycles. The van der Waals surface area contributed by atoms with Crippen LogP contribution in [0.4, 0.5) is 5.69 Å². The highest BCUT2D eigenvalue weighted by Gasteiger charge is 2.20. The SMILES string of the molecule is NC(CCC(=O)O)c1cccc(N2CCNCC2=O)c1. The predicted molar refractivity (Wildman–Crippen MR) is 75.5 cm³/mol. The molecule has 1 aromatic carbocycles. The zero-order valence-corrected chi connectivity index (χ0v) is 11.2. The molecule has 0 aliphatic carbocycles. The number of hydrogen-bond acceptors (Lipinski definition) is 4. The van der Waals surface area contributed by atoms with Crippen molar-refractivity contribution in [2.45, 2.75) is 18.9 Å². The van der Waals surface area contributed by atoms with Gasteiger partial charge in [-0.1, -0.05) is 12.1 Å². The van der Waals surface area contributed by atoms with Crippen LogP contribution in [0, 0.1) is 0 Å². The van der Waals surface area contributed by atoms with Crippen molar-refractivity contribution in [1.82, 2.24) is 5.32 Å². The maximum absolute atomic E-state index is 11.8. The van der Waals surface area contributed by atoms with E-state index in [0.29, 0.717) is 19.5 Å². The first-order chi connectivity index (χ1) is 9.58. The summed E-state index contributed by atoms with van der Waals surface area (Å²) in [6.07, 6.45) is 0.423. The van der Waals surface area contributed by atoms with Gasteiger partial charge in [0.1, 0.15) is 0 Å². The molecule has 1 atom stereocenters. The largest absolute Gasteiger partial charge is 0.481 e. The van der Waals surface area contributed by atoms with Gasteiger partial charge < -0.3 is 21.1 Å². The van der Waals surface area contributed by atoms with Gasteiger partial charge in [0.25, 0.3) is 0 Å². The minimum atomic E-state index is -0.853. The molecular formula is C14H19N3O3. The third kappa shape index (κ3) is 3.55. The Hall–Kier alpha value is -1.92. The lowest BCUT2D eigenvalue weighted by Gasteiger charge is -2.28. The molecule has 108 valence electrons. The molecule has 1 saturated heterocycles. The minimum absolute atomic E-state index is 0.0347. The average molecular weight is 277 g/mol. The van der Waals surface area contributed by atoms with Crippen LogP contribution in [0.1, 0.15) is 24.4 Å². The van der Waals surface area contributed by atoms with E-state index in [-0.39, 0.29) is 18.4 Å². The number of carbonyl (C=O) groups is 2. The second-order valence-corrected chi connectivity index (χ2v) is 4.86. The summed E-state index contributed by atoms with van der Waals surface area (Å²) in [4.78, 5) is 24.1. The van der Waals surface area contributed by atoms with Crippen LogP contribution in [-0.2, 0) is 9.59 Å². The van der Waals surface area contributed by atoms with Crippen molar-refractivity contribution in [2.24, 2.45) is 5.73 Å². The zero-order valence-electron chi connectivity index (χ0n) is 11.2. The molecule has 0 spiro atoms. The fourth-order valence-corrected chi connectivity index (χ4v) is 2.25. The topological polar surface area (TPSA) is 95.7 Å². The van der Waals surface area contributed by atoms with E-state index < -0.39 is 5.97 Å². The Morgan fingerprint density at radius 3 is 3.00 bits per heavy atom. The van der Waals surface area contributed by atoms with E-state index in [2.05, 4.69) is 5.32 Å². The number of rotatable bonds is 5. The molecule has 0 aromatic heterocycles. The van der Waals surface area contributed by atoms with Crippen molar-refractivity contribution < 1.29 is 14.7 Å². The van der Waals surface area contributed by atoms with Gasteiger partial charge in [0, 0.05) is 31.2 Å². The third-order valence-corrected chi connectivity index (χ3v) is 3.37. The van der Waals surface area contributed by atoms with Crippen molar-refractivity contribution >= 4 is 17.6 Å². The number of aliphatic carboxylic acids is 1. The van der Waals surface area contributed by atoms with Crippen LogP contribution in [0.25, 0.3) is 0 Å². The predicted octanol–water partition coefficient (Wildman–Crippen LogP) is 0.487. The van der Waals surface area contributed by atoms with Gasteiger partial charge in [-0.2, -0.15) is 0 Å². The molecule has 1 fully saturated rings. The molecule has 1 aromatic rings. The molecule has 6 nitrogen and oxygen atoms in total. The first kappa shape index (κ1) is 14.5. The molecule has 0 radical (unpaired) electrons. The van der Waals surface area contributed by atoms with Crippen LogP contribution in [0.15, 0.2) is 24.3 Å². The van der Waals surface area contributed by atoms with E-state index in [1.165, 1.54) is 0 Å². The molecule has 4 N–H and O–H groups in total. The fraction of sp³-hybridized carbons (Fsp3) is 0.429. The molecule has 20 heavy (non-hydrogen) atoms. The van der Waals surface area contributed by atoms with Crippen LogP contribution in [0.3, 0.4) is 0 Å². The van der Waals surface area contributed by atoms with E-state index in [9.17, 15) is 9.59 Å². The summed E-state index contributed by atoms with van der Waals surface area (Å²) >= 11 is 0. The first-order valence-corrected chi connectivity index (χ1v) is 6.66. The minimum Gasteiger partial charge on any atom is -0.481 e. The summed E-state index contributed by atoms with van der Waals surface area (Å²) in [5.41, 5.74) is 7.67. The Morgan fingerprint density at radius 1 is 1.50 bits per heavy atom. The van der Waals surface area contributed by atoms with Crippen molar-refractivity contribution in [3.63, 3.8) is 0 Å². The van der Waals surface area contributed by atoms with Crippen LogP contribution < -0.4 is 16.0 Å². The monoisotopic (exact) mass is 277 g/mol. The molecular weight excluding hydrogens is 258 g/mol. The van der Waals surface area contributed by atoms with Crippen molar-refractivity contribution in [3.8, 4) is 0 Å². The summed E-state index contributed by atoms with van der Waals surface area (Å²) in [6, 6.07) is 7.12. The second-order valence-electron chi connectivity index (χ2n) is 4.86. The highest BCUT2D eigenvalue weighted by Crippen LogP contribution is 2.22. The molecule has 1 aliphatic heterocycles. The average Bonchev–Trinajstić information content (AvgIpc) is 2.45. The van der Waals surface area contributed by atoms with Gasteiger partial charge in [-0.15, -0.1) is 0 Å². The number of benzene rings is 1. The van der Waals surface area contributed by atoms with Gasteiger partial charge in [0.15, 0.2) is 0 Å². The second kappa shape index (κ2) is 6.49. The zero-order chi connectivity index (χ0) is 14.5. The van der Waals surface area contributed by atoms with Crippen molar-refractivity contribution in [3.05, 3.63) is 29.8 Å². The molecule has 0 bridgehead atoms. The molecule has 6 heteroatoms. The first-order valence-electron chi connectivity index (χ1n) is 6.66. The number of amides is 1. The Morgan fingerprint density at radius 2 is 2.30 bits per heavy atom. The summed E-state index contributed by atoms with van der Waals surface area (Å²) < 4.78 is 0. The van der Waals surface area contributed by atoms with E-state index in [1.807, 2.05) is 24.3 Å². The maximum Gasteiger partial charge on any atom is 0.303 e. The van der Waals surface area contributed by atoms with E-state index in [4.69, 9.17) is 10.8 Å². The maximum atomic E-state index is 11.8. The number of carboxylic acid groups (broad SMARTS) is 1. The number of nitrogens with zero attached hydrogens (tertiary/aromatic N) is 1. The van der Waals surface area contributed by atoms with Gasteiger partial charge in [0.2, 0.25) is 5.91 Å². The van der Waals surface area contributed by atoms with Gasteiger partial charge >= 0.3 is 5.97 Å². The van der Waals surface area contributed by atoms with Gasteiger partial charge in [-0.25, -0.2) is 0 Å². The van der Waals surface area contributed by atoms with Crippen LogP contribution >= 0.6 is 0 Å². The highest BCUT2D eigenvalue weighted by atomic mass is 16.4. The van der Waals surface area contributed by atoms with Crippen LogP contribution in [0.5, 0.6) is 0 Å².